The standard InChI is InChI=1S/C17H17N3S/c1-18-12-15-17(14-5-3-2-4-6-14)20-16(21-15)11-13-7-9-19-10-8-13/h2-10,18H,11-12H2,1H3. The van der Waals surface area contributed by atoms with E-state index in [2.05, 4.69) is 34.6 Å². The highest BCUT2D eigenvalue weighted by atomic mass is 32.1. The summed E-state index contributed by atoms with van der Waals surface area (Å²) in [6, 6.07) is 14.5. The summed E-state index contributed by atoms with van der Waals surface area (Å²) in [5.74, 6) is 0. The molecule has 2 aromatic heterocycles. The first-order valence-electron chi connectivity index (χ1n) is 6.94. The van der Waals surface area contributed by atoms with Crippen LogP contribution in [0.2, 0.25) is 0 Å². The molecule has 0 spiro atoms. The van der Waals surface area contributed by atoms with Crippen molar-refractivity contribution in [3.05, 3.63) is 70.3 Å². The van der Waals surface area contributed by atoms with Gasteiger partial charge in [-0.05, 0) is 24.7 Å². The molecule has 3 rings (SSSR count). The third-order valence-electron chi connectivity index (χ3n) is 3.23. The highest BCUT2D eigenvalue weighted by molar-refractivity contribution is 7.12. The van der Waals surface area contributed by atoms with Gasteiger partial charge in [-0.3, -0.25) is 4.98 Å². The Hall–Kier alpha value is -2.04. The predicted octanol–water partition coefficient (Wildman–Crippen LogP) is 3.52. The molecule has 0 aliphatic rings. The molecule has 1 N–H and O–H groups in total. The van der Waals surface area contributed by atoms with Crippen molar-refractivity contribution in [2.24, 2.45) is 0 Å². The summed E-state index contributed by atoms with van der Waals surface area (Å²) in [5.41, 5.74) is 3.52. The molecule has 21 heavy (non-hydrogen) atoms. The van der Waals surface area contributed by atoms with E-state index in [1.807, 2.05) is 37.6 Å². The molecule has 0 atom stereocenters. The average molecular weight is 295 g/mol. The van der Waals surface area contributed by atoms with Gasteiger partial charge in [-0.2, -0.15) is 0 Å². The Morgan fingerprint density at radius 2 is 1.81 bits per heavy atom. The van der Waals surface area contributed by atoms with Crippen molar-refractivity contribution >= 4 is 11.3 Å². The zero-order valence-corrected chi connectivity index (χ0v) is 12.7. The highest BCUT2D eigenvalue weighted by Gasteiger charge is 2.12. The normalized spacial score (nSPS) is 10.7. The second-order valence-corrected chi connectivity index (χ2v) is 5.98. The molecule has 0 fully saturated rings. The van der Waals surface area contributed by atoms with Crippen LogP contribution in [-0.2, 0) is 13.0 Å². The lowest BCUT2D eigenvalue weighted by atomic mass is 10.1. The van der Waals surface area contributed by atoms with Crippen molar-refractivity contribution in [1.82, 2.24) is 15.3 Å². The summed E-state index contributed by atoms with van der Waals surface area (Å²) in [6.45, 7) is 0.845. The Kier molecular flexibility index (Phi) is 4.38. The van der Waals surface area contributed by atoms with Crippen LogP contribution in [0, 0.1) is 0 Å². The van der Waals surface area contributed by atoms with Crippen molar-refractivity contribution in [2.45, 2.75) is 13.0 Å². The number of rotatable bonds is 5. The minimum atomic E-state index is 0.845. The van der Waals surface area contributed by atoms with Crippen LogP contribution in [-0.4, -0.2) is 17.0 Å². The predicted molar refractivity (Wildman–Crippen MR) is 87.4 cm³/mol. The lowest BCUT2D eigenvalue weighted by Crippen LogP contribution is -2.04. The van der Waals surface area contributed by atoms with Crippen LogP contribution in [0.1, 0.15) is 15.4 Å². The quantitative estimate of drug-likeness (QED) is 0.782. The second kappa shape index (κ2) is 6.61. The van der Waals surface area contributed by atoms with Gasteiger partial charge in [0.25, 0.3) is 0 Å². The maximum Gasteiger partial charge on any atom is 0.0979 e. The molecule has 3 aromatic rings. The molecule has 106 valence electrons. The molecule has 0 amide bonds. The van der Waals surface area contributed by atoms with Crippen molar-refractivity contribution in [3.63, 3.8) is 0 Å². The molecular formula is C17H17N3S. The molecular weight excluding hydrogens is 278 g/mol. The van der Waals surface area contributed by atoms with Gasteiger partial charge in [-0.25, -0.2) is 4.98 Å². The fourth-order valence-corrected chi connectivity index (χ4v) is 3.39. The molecule has 0 aliphatic heterocycles. The molecule has 0 saturated carbocycles. The average Bonchev–Trinajstić information content (AvgIpc) is 2.92. The van der Waals surface area contributed by atoms with Gasteiger partial charge in [0.1, 0.15) is 0 Å². The van der Waals surface area contributed by atoms with Crippen LogP contribution in [0.15, 0.2) is 54.9 Å². The second-order valence-electron chi connectivity index (χ2n) is 4.81. The number of benzene rings is 1. The molecule has 2 heterocycles. The number of aromatic nitrogens is 2. The van der Waals surface area contributed by atoms with Crippen LogP contribution < -0.4 is 5.32 Å². The summed E-state index contributed by atoms with van der Waals surface area (Å²) < 4.78 is 0. The first kappa shape index (κ1) is 13.9. The molecule has 1 aromatic carbocycles. The third kappa shape index (κ3) is 3.35. The van der Waals surface area contributed by atoms with Crippen LogP contribution in [0.3, 0.4) is 0 Å². The Morgan fingerprint density at radius 3 is 2.52 bits per heavy atom. The van der Waals surface area contributed by atoms with E-state index in [4.69, 9.17) is 4.98 Å². The van der Waals surface area contributed by atoms with Gasteiger partial charge in [-0.1, -0.05) is 30.3 Å². The Morgan fingerprint density at radius 1 is 1.05 bits per heavy atom. The van der Waals surface area contributed by atoms with Crippen LogP contribution in [0.4, 0.5) is 0 Å². The SMILES string of the molecule is CNCc1sc(Cc2ccncc2)nc1-c1ccccc1. The lowest BCUT2D eigenvalue weighted by molar-refractivity contribution is 0.831. The zero-order valence-electron chi connectivity index (χ0n) is 11.9. The smallest absolute Gasteiger partial charge is 0.0979 e. The maximum absolute atomic E-state index is 4.85. The third-order valence-corrected chi connectivity index (χ3v) is 4.29. The Bertz CT molecular complexity index is 693. The molecule has 4 heteroatoms. The van der Waals surface area contributed by atoms with Gasteiger partial charge in [0.05, 0.1) is 10.7 Å². The molecule has 0 bridgehead atoms. The molecule has 0 aliphatic carbocycles. The fourth-order valence-electron chi connectivity index (χ4n) is 2.25. The van der Waals surface area contributed by atoms with Gasteiger partial charge in [0.2, 0.25) is 0 Å². The first-order valence-corrected chi connectivity index (χ1v) is 7.76. The molecule has 0 saturated heterocycles. The number of hydrogen-bond acceptors (Lipinski definition) is 4. The molecule has 0 unspecified atom stereocenters. The maximum atomic E-state index is 4.85. The monoisotopic (exact) mass is 295 g/mol. The van der Waals surface area contributed by atoms with Crippen molar-refractivity contribution < 1.29 is 0 Å². The molecule has 3 nitrogen and oxygen atoms in total. The minimum absolute atomic E-state index is 0.845. The van der Waals surface area contributed by atoms with Gasteiger partial charge >= 0.3 is 0 Å². The largest absolute Gasteiger partial charge is 0.315 e. The number of hydrogen-bond donors (Lipinski definition) is 1. The minimum Gasteiger partial charge on any atom is -0.315 e. The summed E-state index contributed by atoms with van der Waals surface area (Å²) >= 11 is 1.78. The van der Waals surface area contributed by atoms with E-state index in [0.29, 0.717) is 0 Å². The summed E-state index contributed by atoms with van der Waals surface area (Å²) in [7, 11) is 1.97. The number of thiazole rings is 1. The highest BCUT2D eigenvalue weighted by Crippen LogP contribution is 2.29. The van der Waals surface area contributed by atoms with E-state index in [0.717, 1.165) is 23.7 Å². The zero-order chi connectivity index (χ0) is 14.5. The van der Waals surface area contributed by atoms with E-state index in [-0.39, 0.29) is 0 Å². The number of nitrogens with zero attached hydrogens (tertiary/aromatic N) is 2. The number of nitrogens with one attached hydrogen (secondary N) is 1. The van der Waals surface area contributed by atoms with Crippen LogP contribution in [0.5, 0.6) is 0 Å². The number of pyridine rings is 1. The molecule has 0 radical (unpaired) electrons. The van der Waals surface area contributed by atoms with Crippen molar-refractivity contribution in [2.75, 3.05) is 7.05 Å². The topological polar surface area (TPSA) is 37.8 Å². The van der Waals surface area contributed by atoms with Crippen LogP contribution >= 0.6 is 11.3 Å². The summed E-state index contributed by atoms with van der Waals surface area (Å²) in [4.78, 5) is 10.2. The van der Waals surface area contributed by atoms with Gasteiger partial charge in [-0.15, -0.1) is 11.3 Å². The van der Waals surface area contributed by atoms with Crippen molar-refractivity contribution in [3.8, 4) is 11.3 Å². The van der Waals surface area contributed by atoms with E-state index in [9.17, 15) is 0 Å². The van der Waals surface area contributed by atoms with Gasteiger partial charge < -0.3 is 5.32 Å². The Balaban J connectivity index is 1.93. The van der Waals surface area contributed by atoms with E-state index in [1.165, 1.54) is 16.0 Å². The fraction of sp³-hybridized carbons (Fsp3) is 0.176. The van der Waals surface area contributed by atoms with Gasteiger partial charge in [0, 0.05) is 35.8 Å². The van der Waals surface area contributed by atoms with Gasteiger partial charge in [0.15, 0.2) is 0 Å². The van der Waals surface area contributed by atoms with Crippen molar-refractivity contribution in [1.29, 1.82) is 0 Å². The van der Waals surface area contributed by atoms with E-state index in [1.54, 1.807) is 11.3 Å². The van der Waals surface area contributed by atoms with E-state index < -0.39 is 0 Å². The summed E-state index contributed by atoms with van der Waals surface area (Å²) in [6.07, 6.45) is 4.52. The Labute approximate surface area is 128 Å². The van der Waals surface area contributed by atoms with E-state index >= 15 is 0 Å². The lowest BCUT2D eigenvalue weighted by Gasteiger charge is -2.00. The van der Waals surface area contributed by atoms with Crippen LogP contribution in [0.25, 0.3) is 11.3 Å². The summed E-state index contributed by atoms with van der Waals surface area (Å²) in [5, 5.41) is 4.38. The first-order chi connectivity index (χ1) is 10.4.